The Balaban J connectivity index is 2.51. The second kappa shape index (κ2) is 7.49. The molecule has 102 valence electrons. The van der Waals surface area contributed by atoms with Crippen LogP contribution in [-0.2, 0) is 16.1 Å². The zero-order valence-electron chi connectivity index (χ0n) is 11.1. The zero-order valence-corrected chi connectivity index (χ0v) is 11.1. The highest BCUT2D eigenvalue weighted by atomic mass is 19.1. The molecule has 0 amide bonds. The van der Waals surface area contributed by atoms with E-state index in [-0.39, 0.29) is 12.4 Å². The highest BCUT2D eigenvalue weighted by Crippen LogP contribution is 2.12. The lowest BCUT2D eigenvalue weighted by molar-refractivity contribution is -0.143. The number of esters is 1. The lowest BCUT2D eigenvalue weighted by atomic mass is 10.1. The van der Waals surface area contributed by atoms with Gasteiger partial charge in [0.15, 0.2) is 0 Å². The summed E-state index contributed by atoms with van der Waals surface area (Å²) < 4.78 is 18.5. The van der Waals surface area contributed by atoms with E-state index < -0.39 is 5.82 Å². The standard InChI is InChI=1S/C14H17FN2O2/c1-3-19-14(18)6-7-17(2)10-12-5-4-11(9-16)8-13(12)15/h4-5,8H,3,6-7,10H2,1-2H3. The summed E-state index contributed by atoms with van der Waals surface area (Å²) in [7, 11) is 1.80. The number of nitrogens with zero attached hydrogens (tertiary/aromatic N) is 2. The fourth-order valence-electron chi connectivity index (χ4n) is 1.63. The van der Waals surface area contributed by atoms with Gasteiger partial charge in [-0.3, -0.25) is 4.79 Å². The number of nitriles is 1. The van der Waals surface area contributed by atoms with Crippen LogP contribution in [0.4, 0.5) is 4.39 Å². The fraction of sp³-hybridized carbons (Fsp3) is 0.429. The molecule has 0 spiro atoms. The van der Waals surface area contributed by atoms with Crippen molar-refractivity contribution in [3.63, 3.8) is 0 Å². The van der Waals surface area contributed by atoms with Gasteiger partial charge in [0.25, 0.3) is 0 Å². The number of carbonyl (C=O) groups is 1. The number of benzene rings is 1. The molecule has 5 heteroatoms. The molecule has 0 aliphatic rings. The van der Waals surface area contributed by atoms with Gasteiger partial charge in [-0.05, 0) is 26.1 Å². The van der Waals surface area contributed by atoms with Crippen molar-refractivity contribution in [2.45, 2.75) is 19.9 Å². The minimum absolute atomic E-state index is 0.255. The Kier molecular flexibility index (Phi) is 5.97. The maximum absolute atomic E-state index is 13.6. The normalized spacial score (nSPS) is 10.3. The van der Waals surface area contributed by atoms with Gasteiger partial charge in [-0.2, -0.15) is 5.26 Å². The first-order valence-electron chi connectivity index (χ1n) is 6.09. The van der Waals surface area contributed by atoms with Crippen molar-refractivity contribution >= 4 is 5.97 Å². The first-order chi connectivity index (χ1) is 9.06. The second-order valence-corrected chi connectivity index (χ2v) is 4.21. The molecule has 0 saturated heterocycles. The number of rotatable bonds is 6. The first kappa shape index (κ1) is 15.1. The van der Waals surface area contributed by atoms with E-state index in [2.05, 4.69) is 0 Å². The van der Waals surface area contributed by atoms with Crippen LogP contribution in [-0.4, -0.2) is 31.1 Å². The molecular weight excluding hydrogens is 247 g/mol. The average Bonchev–Trinajstić information content (AvgIpc) is 2.39. The summed E-state index contributed by atoms with van der Waals surface area (Å²) >= 11 is 0. The topological polar surface area (TPSA) is 53.3 Å². The van der Waals surface area contributed by atoms with Gasteiger partial charge in [0, 0.05) is 18.7 Å². The zero-order chi connectivity index (χ0) is 14.3. The molecule has 0 unspecified atom stereocenters. The number of ether oxygens (including phenoxy) is 1. The SMILES string of the molecule is CCOC(=O)CCN(C)Cc1ccc(C#N)cc1F. The molecule has 0 aromatic heterocycles. The summed E-state index contributed by atoms with van der Waals surface area (Å²) in [5.41, 5.74) is 0.806. The lowest BCUT2D eigenvalue weighted by Crippen LogP contribution is -2.22. The van der Waals surface area contributed by atoms with E-state index in [0.29, 0.717) is 30.8 Å². The number of carbonyl (C=O) groups excluding carboxylic acids is 1. The predicted molar refractivity (Wildman–Crippen MR) is 68.7 cm³/mol. The second-order valence-electron chi connectivity index (χ2n) is 4.21. The van der Waals surface area contributed by atoms with Crippen LogP contribution in [0.2, 0.25) is 0 Å². The molecular formula is C14H17FN2O2. The summed E-state index contributed by atoms with van der Waals surface area (Å²) in [5, 5.41) is 8.65. The lowest BCUT2D eigenvalue weighted by Gasteiger charge is -2.16. The van der Waals surface area contributed by atoms with Crippen LogP contribution in [0.5, 0.6) is 0 Å². The Morgan fingerprint density at radius 3 is 2.84 bits per heavy atom. The van der Waals surface area contributed by atoms with Crippen molar-refractivity contribution in [1.29, 1.82) is 5.26 Å². The summed E-state index contributed by atoms with van der Waals surface area (Å²) in [4.78, 5) is 13.0. The molecule has 0 aliphatic carbocycles. The first-order valence-corrected chi connectivity index (χ1v) is 6.09. The van der Waals surface area contributed by atoms with Gasteiger partial charge in [0.1, 0.15) is 5.82 Å². The number of hydrogen-bond acceptors (Lipinski definition) is 4. The van der Waals surface area contributed by atoms with Crippen molar-refractivity contribution in [2.75, 3.05) is 20.2 Å². The van der Waals surface area contributed by atoms with Gasteiger partial charge in [-0.1, -0.05) is 6.07 Å². The Morgan fingerprint density at radius 1 is 1.53 bits per heavy atom. The molecule has 19 heavy (non-hydrogen) atoms. The Labute approximate surface area is 112 Å². The van der Waals surface area contributed by atoms with Crippen LogP contribution in [0.3, 0.4) is 0 Å². The molecule has 0 fully saturated rings. The van der Waals surface area contributed by atoms with E-state index in [1.165, 1.54) is 6.07 Å². The van der Waals surface area contributed by atoms with Gasteiger partial charge < -0.3 is 9.64 Å². The third-order valence-corrected chi connectivity index (χ3v) is 2.63. The van der Waals surface area contributed by atoms with Gasteiger partial charge in [0.2, 0.25) is 0 Å². The number of hydrogen-bond donors (Lipinski definition) is 0. The predicted octanol–water partition coefficient (Wildman–Crippen LogP) is 2.08. The van der Waals surface area contributed by atoms with E-state index in [1.54, 1.807) is 26.1 Å². The van der Waals surface area contributed by atoms with Crippen LogP contribution in [0.1, 0.15) is 24.5 Å². The third kappa shape index (κ3) is 5.06. The van der Waals surface area contributed by atoms with Crippen LogP contribution in [0, 0.1) is 17.1 Å². The van der Waals surface area contributed by atoms with Crippen LogP contribution < -0.4 is 0 Å². The Hall–Kier alpha value is -1.93. The van der Waals surface area contributed by atoms with E-state index in [9.17, 15) is 9.18 Å². The summed E-state index contributed by atoms with van der Waals surface area (Å²) in [6, 6.07) is 6.28. The maximum atomic E-state index is 13.6. The monoisotopic (exact) mass is 264 g/mol. The molecule has 0 radical (unpaired) electrons. The highest BCUT2D eigenvalue weighted by Gasteiger charge is 2.09. The van der Waals surface area contributed by atoms with E-state index >= 15 is 0 Å². The molecule has 4 nitrogen and oxygen atoms in total. The summed E-state index contributed by atoms with van der Waals surface area (Å²) in [6.07, 6.45) is 0.280. The molecule has 1 aromatic rings. The highest BCUT2D eigenvalue weighted by molar-refractivity contribution is 5.69. The molecule has 0 saturated carbocycles. The quantitative estimate of drug-likeness (QED) is 0.738. The van der Waals surface area contributed by atoms with Crippen LogP contribution in [0.15, 0.2) is 18.2 Å². The van der Waals surface area contributed by atoms with Gasteiger partial charge in [0.05, 0.1) is 24.7 Å². The maximum Gasteiger partial charge on any atom is 0.307 e. The van der Waals surface area contributed by atoms with E-state index in [0.717, 1.165) is 0 Å². The fourth-order valence-corrected chi connectivity index (χ4v) is 1.63. The smallest absolute Gasteiger partial charge is 0.307 e. The molecule has 1 aromatic carbocycles. The molecule has 0 bridgehead atoms. The van der Waals surface area contributed by atoms with Crippen LogP contribution in [0.25, 0.3) is 0 Å². The van der Waals surface area contributed by atoms with Crippen molar-refractivity contribution in [3.8, 4) is 6.07 Å². The van der Waals surface area contributed by atoms with Crippen molar-refractivity contribution in [2.24, 2.45) is 0 Å². The van der Waals surface area contributed by atoms with Crippen molar-refractivity contribution in [1.82, 2.24) is 4.90 Å². The van der Waals surface area contributed by atoms with Crippen molar-refractivity contribution in [3.05, 3.63) is 35.1 Å². The van der Waals surface area contributed by atoms with Crippen LogP contribution >= 0.6 is 0 Å². The summed E-state index contributed by atoms with van der Waals surface area (Å²) in [5.74, 6) is -0.656. The largest absolute Gasteiger partial charge is 0.466 e. The number of halogens is 1. The molecule has 0 aliphatic heterocycles. The van der Waals surface area contributed by atoms with Gasteiger partial charge >= 0.3 is 5.97 Å². The molecule has 0 heterocycles. The Bertz CT molecular complexity index is 483. The van der Waals surface area contributed by atoms with Gasteiger partial charge in [-0.25, -0.2) is 4.39 Å². The van der Waals surface area contributed by atoms with Gasteiger partial charge in [-0.15, -0.1) is 0 Å². The third-order valence-electron chi connectivity index (χ3n) is 2.63. The molecule has 0 atom stereocenters. The summed E-state index contributed by atoms with van der Waals surface area (Å²) in [6.45, 7) is 3.01. The Morgan fingerprint density at radius 2 is 2.26 bits per heavy atom. The van der Waals surface area contributed by atoms with Crippen molar-refractivity contribution < 1.29 is 13.9 Å². The minimum atomic E-state index is -0.401. The molecule has 1 rings (SSSR count). The van der Waals surface area contributed by atoms with E-state index in [1.807, 2.05) is 11.0 Å². The minimum Gasteiger partial charge on any atom is -0.466 e. The molecule has 0 N–H and O–H groups in total. The average molecular weight is 264 g/mol. The van der Waals surface area contributed by atoms with E-state index in [4.69, 9.17) is 10.00 Å².